The number of nitrogens with zero attached hydrogens (tertiary/aromatic N) is 1. The maximum Gasteiger partial charge on any atom is 0.246 e. The number of likely N-dealkylation sites (N-methyl/N-ethyl adjacent to an activating group) is 1. The first kappa shape index (κ1) is 18.1. The van der Waals surface area contributed by atoms with Gasteiger partial charge in [-0.1, -0.05) is 29.3 Å². The van der Waals surface area contributed by atoms with Crippen molar-refractivity contribution in [2.75, 3.05) is 18.9 Å². The number of rotatable bonds is 5. The molecular weight excluding hydrogens is 351 g/mol. The number of amides is 2. The van der Waals surface area contributed by atoms with Gasteiger partial charge in [-0.2, -0.15) is 0 Å². The zero-order chi connectivity index (χ0) is 17.7. The SMILES string of the molecule is Cc1ccc(/C=C/C(=O)N(C)CC(=O)Nc2c(Cl)cccc2Cl)o1. The van der Waals surface area contributed by atoms with Crippen molar-refractivity contribution in [3.63, 3.8) is 0 Å². The van der Waals surface area contributed by atoms with Gasteiger partial charge in [-0.25, -0.2) is 0 Å². The Morgan fingerprint density at radius 2 is 1.88 bits per heavy atom. The highest BCUT2D eigenvalue weighted by Gasteiger charge is 2.14. The number of benzene rings is 1. The minimum absolute atomic E-state index is 0.137. The summed E-state index contributed by atoms with van der Waals surface area (Å²) in [7, 11) is 1.52. The molecule has 0 aliphatic rings. The van der Waals surface area contributed by atoms with Gasteiger partial charge in [0.2, 0.25) is 11.8 Å². The van der Waals surface area contributed by atoms with E-state index >= 15 is 0 Å². The summed E-state index contributed by atoms with van der Waals surface area (Å²) in [6, 6.07) is 8.47. The van der Waals surface area contributed by atoms with Gasteiger partial charge < -0.3 is 14.6 Å². The van der Waals surface area contributed by atoms with Crippen LogP contribution in [0.2, 0.25) is 10.0 Å². The minimum Gasteiger partial charge on any atom is -0.462 e. The van der Waals surface area contributed by atoms with Gasteiger partial charge in [-0.3, -0.25) is 9.59 Å². The van der Waals surface area contributed by atoms with Crippen LogP contribution >= 0.6 is 23.2 Å². The van der Waals surface area contributed by atoms with Crippen molar-refractivity contribution in [2.24, 2.45) is 0 Å². The third-order valence-electron chi connectivity index (χ3n) is 3.14. The molecule has 0 aliphatic heterocycles. The summed E-state index contributed by atoms with van der Waals surface area (Å²) in [5.41, 5.74) is 0.327. The maximum atomic E-state index is 12.0. The average Bonchev–Trinajstić information content (AvgIpc) is 2.94. The van der Waals surface area contributed by atoms with Gasteiger partial charge in [0.1, 0.15) is 11.5 Å². The van der Waals surface area contributed by atoms with Crippen molar-refractivity contribution in [3.05, 3.63) is 58.0 Å². The van der Waals surface area contributed by atoms with Crippen LogP contribution in [0, 0.1) is 6.92 Å². The van der Waals surface area contributed by atoms with Gasteiger partial charge in [0.05, 0.1) is 22.3 Å². The summed E-state index contributed by atoms with van der Waals surface area (Å²) in [5.74, 6) is 0.598. The lowest BCUT2D eigenvalue weighted by atomic mass is 10.3. The molecule has 0 fully saturated rings. The highest BCUT2D eigenvalue weighted by Crippen LogP contribution is 2.29. The Labute approximate surface area is 149 Å². The van der Waals surface area contributed by atoms with Crippen molar-refractivity contribution in [1.82, 2.24) is 4.90 Å². The van der Waals surface area contributed by atoms with Gasteiger partial charge in [0.25, 0.3) is 0 Å². The normalized spacial score (nSPS) is 10.8. The topological polar surface area (TPSA) is 62.6 Å². The van der Waals surface area contributed by atoms with E-state index in [1.54, 1.807) is 36.4 Å². The molecule has 126 valence electrons. The van der Waals surface area contributed by atoms with Crippen molar-refractivity contribution in [3.8, 4) is 0 Å². The fourth-order valence-corrected chi connectivity index (χ4v) is 2.41. The summed E-state index contributed by atoms with van der Waals surface area (Å²) in [6.07, 6.45) is 2.89. The standard InChI is InChI=1S/C17H16Cl2N2O3/c1-11-6-7-12(24-11)8-9-16(23)21(2)10-15(22)20-17-13(18)4-3-5-14(17)19/h3-9H,10H2,1-2H3,(H,20,22)/b9-8+. The van der Waals surface area contributed by atoms with Crippen molar-refractivity contribution < 1.29 is 14.0 Å². The summed E-state index contributed by atoms with van der Waals surface area (Å²) < 4.78 is 5.33. The lowest BCUT2D eigenvalue weighted by molar-refractivity contribution is -0.129. The molecular formula is C17H16Cl2N2O3. The summed E-state index contributed by atoms with van der Waals surface area (Å²) in [6.45, 7) is 1.68. The van der Waals surface area contributed by atoms with Gasteiger partial charge in [0.15, 0.2) is 0 Å². The number of nitrogens with one attached hydrogen (secondary N) is 1. The molecule has 0 atom stereocenters. The third-order valence-corrected chi connectivity index (χ3v) is 3.77. The number of halogens is 2. The number of hydrogen-bond donors (Lipinski definition) is 1. The van der Waals surface area contributed by atoms with Crippen LogP contribution in [-0.2, 0) is 9.59 Å². The van der Waals surface area contributed by atoms with E-state index in [0.717, 1.165) is 5.76 Å². The largest absolute Gasteiger partial charge is 0.462 e. The zero-order valence-electron chi connectivity index (χ0n) is 13.2. The Balaban J connectivity index is 1.93. The van der Waals surface area contributed by atoms with E-state index in [0.29, 0.717) is 21.5 Å². The van der Waals surface area contributed by atoms with E-state index in [4.69, 9.17) is 27.6 Å². The van der Waals surface area contributed by atoms with E-state index in [2.05, 4.69) is 5.32 Å². The number of aryl methyl sites for hydroxylation is 1. The Morgan fingerprint density at radius 3 is 2.46 bits per heavy atom. The summed E-state index contributed by atoms with van der Waals surface area (Å²) in [4.78, 5) is 25.3. The van der Waals surface area contributed by atoms with E-state index in [1.165, 1.54) is 18.0 Å². The second-order valence-corrected chi connectivity index (χ2v) is 5.94. The smallest absolute Gasteiger partial charge is 0.246 e. The Bertz CT molecular complexity index is 764. The minimum atomic E-state index is -0.400. The van der Waals surface area contributed by atoms with Crippen molar-refractivity contribution >= 4 is 46.8 Å². The number of furan rings is 1. The molecule has 0 bridgehead atoms. The fraction of sp³-hybridized carbons (Fsp3) is 0.176. The number of para-hydroxylation sites is 1. The molecule has 7 heteroatoms. The third kappa shape index (κ3) is 4.88. The first-order valence-corrected chi connectivity index (χ1v) is 7.86. The highest BCUT2D eigenvalue weighted by molar-refractivity contribution is 6.39. The first-order chi connectivity index (χ1) is 11.4. The molecule has 0 radical (unpaired) electrons. The molecule has 2 rings (SSSR count). The molecule has 0 unspecified atom stereocenters. The quantitative estimate of drug-likeness (QED) is 0.813. The monoisotopic (exact) mass is 366 g/mol. The van der Waals surface area contributed by atoms with Crippen LogP contribution in [-0.4, -0.2) is 30.3 Å². The van der Waals surface area contributed by atoms with E-state index in [9.17, 15) is 9.59 Å². The molecule has 0 saturated carbocycles. The van der Waals surface area contributed by atoms with Crippen LogP contribution in [0.4, 0.5) is 5.69 Å². The van der Waals surface area contributed by atoms with E-state index < -0.39 is 5.91 Å². The molecule has 1 N–H and O–H groups in total. The average molecular weight is 367 g/mol. The van der Waals surface area contributed by atoms with E-state index in [-0.39, 0.29) is 12.5 Å². The molecule has 0 spiro atoms. The van der Waals surface area contributed by atoms with Crippen LogP contribution in [0.25, 0.3) is 6.08 Å². The molecule has 0 aliphatic carbocycles. The number of anilines is 1. The molecule has 0 saturated heterocycles. The number of carbonyl (C=O) groups excluding carboxylic acids is 2. The predicted octanol–water partition coefficient (Wildman–Crippen LogP) is 4.01. The van der Waals surface area contributed by atoms with Gasteiger partial charge in [-0.15, -0.1) is 0 Å². The Morgan fingerprint density at radius 1 is 1.21 bits per heavy atom. The predicted molar refractivity (Wildman–Crippen MR) is 95.2 cm³/mol. The van der Waals surface area contributed by atoms with Crippen LogP contribution in [0.5, 0.6) is 0 Å². The van der Waals surface area contributed by atoms with Crippen LogP contribution in [0.1, 0.15) is 11.5 Å². The van der Waals surface area contributed by atoms with Gasteiger partial charge in [-0.05, 0) is 37.3 Å². The molecule has 24 heavy (non-hydrogen) atoms. The number of carbonyl (C=O) groups is 2. The summed E-state index contributed by atoms with van der Waals surface area (Å²) >= 11 is 12.0. The Kier molecular flexibility index (Phi) is 6.06. The first-order valence-electron chi connectivity index (χ1n) is 7.10. The van der Waals surface area contributed by atoms with Gasteiger partial charge in [0, 0.05) is 13.1 Å². The van der Waals surface area contributed by atoms with Gasteiger partial charge >= 0.3 is 0 Å². The highest BCUT2D eigenvalue weighted by atomic mass is 35.5. The molecule has 1 aromatic carbocycles. The van der Waals surface area contributed by atoms with Crippen LogP contribution < -0.4 is 5.32 Å². The fourth-order valence-electron chi connectivity index (χ4n) is 1.91. The van der Waals surface area contributed by atoms with Crippen LogP contribution in [0.3, 0.4) is 0 Å². The zero-order valence-corrected chi connectivity index (χ0v) is 14.7. The maximum absolute atomic E-state index is 12.0. The summed E-state index contributed by atoms with van der Waals surface area (Å²) in [5, 5.41) is 3.26. The second kappa shape index (κ2) is 8.04. The Hall–Kier alpha value is -2.24. The lowest BCUT2D eigenvalue weighted by Gasteiger charge is -2.15. The molecule has 2 amide bonds. The van der Waals surface area contributed by atoms with Crippen molar-refractivity contribution in [1.29, 1.82) is 0 Å². The molecule has 2 aromatic rings. The second-order valence-electron chi connectivity index (χ2n) is 5.12. The lowest BCUT2D eigenvalue weighted by Crippen LogP contribution is -2.34. The molecule has 1 heterocycles. The van der Waals surface area contributed by atoms with Crippen LogP contribution in [0.15, 0.2) is 40.8 Å². The molecule has 1 aromatic heterocycles. The number of hydrogen-bond acceptors (Lipinski definition) is 3. The van der Waals surface area contributed by atoms with E-state index in [1.807, 2.05) is 6.92 Å². The molecule has 5 nitrogen and oxygen atoms in total. The van der Waals surface area contributed by atoms with Crippen molar-refractivity contribution in [2.45, 2.75) is 6.92 Å².